The van der Waals surface area contributed by atoms with Crippen LogP contribution in [-0.2, 0) is 4.79 Å². The molecule has 0 spiro atoms. The predicted molar refractivity (Wildman–Crippen MR) is 70.9 cm³/mol. The molecule has 1 saturated carbocycles. The molecule has 1 fully saturated rings. The van der Waals surface area contributed by atoms with Crippen LogP contribution < -0.4 is 9.47 Å². The van der Waals surface area contributed by atoms with Gasteiger partial charge >= 0.3 is 0 Å². The molecule has 0 aliphatic heterocycles. The number of rotatable bonds is 3. The van der Waals surface area contributed by atoms with Crippen molar-refractivity contribution in [3.63, 3.8) is 0 Å². The topological polar surface area (TPSA) is 35.5 Å². The Morgan fingerprint density at radius 3 is 2.17 bits per heavy atom. The lowest BCUT2D eigenvalue weighted by molar-refractivity contribution is -0.111. The average molecular weight is 244 g/mol. The number of methoxy groups -OCH3 is 2. The summed E-state index contributed by atoms with van der Waals surface area (Å²) in [6.45, 7) is 3.75. The molecular formula is C15H16O3. The molecule has 2 rings (SSSR count). The predicted octanol–water partition coefficient (Wildman–Crippen LogP) is 3.01. The van der Waals surface area contributed by atoms with Gasteiger partial charge in [0, 0.05) is 11.6 Å². The highest BCUT2D eigenvalue weighted by Gasteiger charge is 2.20. The highest BCUT2D eigenvalue weighted by Crippen LogP contribution is 2.29. The minimum atomic E-state index is 0.0665. The fourth-order valence-electron chi connectivity index (χ4n) is 1.99. The van der Waals surface area contributed by atoms with Crippen LogP contribution in [0.3, 0.4) is 0 Å². The Morgan fingerprint density at radius 2 is 1.72 bits per heavy atom. The number of benzene rings is 1. The first-order valence-electron chi connectivity index (χ1n) is 5.80. The molecule has 0 amide bonds. The lowest BCUT2D eigenvalue weighted by atomic mass is 10.1. The van der Waals surface area contributed by atoms with Crippen molar-refractivity contribution in [3.8, 4) is 11.5 Å². The first kappa shape index (κ1) is 12.4. The largest absolute Gasteiger partial charge is 0.497 e. The molecule has 0 atom stereocenters. The van der Waals surface area contributed by atoms with Gasteiger partial charge in [-0.05, 0) is 42.2 Å². The third kappa shape index (κ3) is 2.45. The van der Waals surface area contributed by atoms with Crippen molar-refractivity contribution in [2.24, 2.45) is 0 Å². The number of carbonyl (C=O) groups excluding carboxylic acids is 1. The second-order valence-corrected chi connectivity index (χ2v) is 4.25. The van der Waals surface area contributed by atoms with Gasteiger partial charge in [0.1, 0.15) is 11.5 Å². The van der Waals surface area contributed by atoms with Crippen molar-refractivity contribution in [3.05, 3.63) is 41.5 Å². The van der Waals surface area contributed by atoms with E-state index in [-0.39, 0.29) is 5.78 Å². The monoisotopic (exact) mass is 244 g/mol. The summed E-state index contributed by atoms with van der Waals surface area (Å²) < 4.78 is 10.4. The van der Waals surface area contributed by atoms with Gasteiger partial charge in [-0.3, -0.25) is 4.79 Å². The maximum absolute atomic E-state index is 11.8. The van der Waals surface area contributed by atoms with Crippen molar-refractivity contribution in [1.29, 1.82) is 0 Å². The average Bonchev–Trinajstić information content (AvgIpc) is 2.70. The third-order valence-electron chi connectivity index (χ3n) is 3.02. The van der Waals surface area contributed by atoms with Gasteiger partial charge in [-0.15, -0.1) is 0 Å². The zero-order valence-corrected chi connectivity index (χ0v) is 10.7. The SMILES string of the molecule is C=C1CC/C(=C\c2cc(OC)cc(OC)c2)C1=O. The molecule has 0 bridgehead atoms. The molecule has 0 saturated heterocycles. The Balaban J connectivity index is 2.36. The molecule has 3 heteroatoms. The standard InChI is InChI=1S/C15H16O3/c1-10-4-5-12(15(10)16)6-11-7-13(17-2)9-14(8-11)18-3/h6-9H,1,4-5H2,2-3H3/b12-6+. The molecule has 1 aromatic rings. The van der Waals surface area contributed by atoms with Gasteiger partial charge in [0.25, 0.3) is 0 Å². The van der Waals surface area contributed by atoms with Gasteiger partial charge in [0.2, 0.25) is 0 Å². The summed E-state index contributed by atoms with van der Waals surface area (Å²) in [6, 6.07) is 5.56. The van der Waals surface area contributed by atoms with E-state index in [0.717, 1.165) is 24.0 Å². The van der Waals surface area contributed by atoms with E-state index in [2.05, 4.69) is 6.58 Å². The fraction of sp³-hybridized carbons (Fsp3) is 0.267. The first-order valence-corrected chi connectivity index (χ1v) is 5.80. The molecule has 0 unspecified atom stereocenters. The Bertz CT molecular complexity index is 504. The van der Waals surface area contributed by atoms with Gasteiger partial charge in [-0.2, -0.15) is 0 Å². The van der Waals surface area contributed by atoms with Crippen molar-refractivity contribution in [2.75, 3.05) is 14.2 Å². The van der Waals surface area contributed by atoms with Crippen molar-refractivity contribution >= 4 is 11.9 Å². The van der Waals surface area contributed by atoms with Crippen LogP contribution in [-0.4, -0.2) is 20.0 Å². The highest BCUT2D eigenvalue weighted by molar-refractivity contribution is 6.12. The van der Waals surface area contributed by atoms with E-state index in [1.54, 1.807) is 20.3 Å². The number of ketones is 1. The van der Waals surface area contributed by atoms with E-state index in [0.29, 0.717) is 17.1 Å². The summed E-state index contributed by atoms with van der Waals surface area (Å²) in [5.41, 5.74) is 2.40. The van der Waals surface area contributed by atoms with Crippen LogP contribution in [0.15, 0.2) is 35.9 Å². The molecular weight excluding hydrogens is 228 g/mol. The van der Waals surface area contributed by atoms with Crippen LogP contribution in [0.2, 0.25) is 0 Å². The van der Waals surface area contributed by atoms with E-state index in [1.807, 2.05) is 18.2 Å². The van der Waals surface area contributed by atoms with Gasteiger partial charge < -0.3 is 9.47 Å². The summed E-state index contributed by atoms with van der Waals surface area (Å²) in [5.74, 6) is 1.49. The van der Waals surface area contributed by atoms with Crippen molar-refractivity contribution in [1.82, 2.24) is 0 Å². The van der Waals surface area contributed by atoms with Crippen molar-refractivity contribution < 1.29 is 14.3 Å². The number of hydrogen-bond donors (Lipinski definition) is 0. The number of hydrogen-bond acceptors (Lipinski definition) is 3. The Morgan fingerprint density at radius 1 is 1.11 bits per heavy atom. The van der Waals surface area contributed by atoms with Crippen LogP contribution in [0, 0.1) is 0 Å². The normalized spacial score (nSPS) is 17.3. The summed E-state index contributed by atoms with van der Waals surface area (Å²) in [6.07, 6.45) is 3.40. The van der Waals surface area contributed by atoms with E-state index in [4.69, 9.17) is 9.47 Å². The minimum Gasteiger partial charge on any atom is -0.497 e. The molecule has 0 aromatic heterocycles. The number of Topliss-reactive ketones (excluding diaryl/α,β-unsaturated/α-hetero) is 1. The molecule has 1 aliphatic rings. The van der Waals surface area contributed by atoms with Crippen LogP contribution in [0.25, 0.3) is 6.08 Å². The number of allylic oxidation sites excluding steroid dienone is 2. The second-order valence-electron chi connectivity index (χ2n) is 4.25. The molecule has 18 heavy (non-hydrogen) atoms. The third-order valence-corrected chi connectivity index (χ3v) is 3.02. The minimum absolute atomic E-state index is 0.0665. The molecule has 0 N–H and O–H groups in total. The van der Waals surface area contributed by atoms with Gasteiger partial charge in [-0.1, -0.05) is 6.58 Å². The van der Waals surface area contributed by atoms with E-state index in [9.17, 15) is 4.79 Å². The number of ether oxygens (including phenoxy) is 2. The molecule has 0 heterocycles. The second kappa shape index (κ2) is 5.08. The Kier molecular flexibility index (Phi) is 3.51. The molecule has 1 aliphatic carbocycles. The lowest BCUT2D eigenvalue weighted by Crippen LogP contribution is -1.94. The summed E-state index contributed by atoms with van der Waals surface area (Å²) in [5, 5.41) is 0. The van der Waals surface area contributed by atoms with Crippen LogP contribution >= 0.6 is 0 Å². The van der Waals surface area contributed by atoms with Gasteiger partial charge in [0.05, 0.1) is 14.2 Å². The summed E-state index contributed by atoms with van der Waals surface area (Å²) >= 11 is 0. The summed E-state index contributed by atoms with van der Waals surface area (Å²) in [7, 11) is 3.21. The fourth-order valence-corrected chi connectivity index (χ4v) is 1.99. The zero-order chi connectivity index (χ0) is 13.1. The molecule has 94 valence electrons. The Labute approximate surface area is 107 Å². The Hall–Kier alpha value is -2.03. The van der Waals surface area contributed by atoms with Crippen LogP contribution in [0.5, 0.6) is 11.5 Å². The van der Waals surface area contributed by atoms with Crippen LogP contribution in [0.4, 0.5) is 0 Å². The van der Waals surface area contributed by atoms with Gasteiger partial charge in [0.15, 0.2) is 5.78 Å². The van der Waals surface area contributed by atoms with E-state index in [1.165, 1.54) is 0 Å². The van der Waals surface area contributed by atoms with Crippen molar-refractivity contribution in [2.45, 2.75) is 12.8 Å². The smallest absolute Gasteiger partial charge is 0.184 e. The number of carbonyl (C=O) groups is 1. The van der Waals surface area contributed by atoms with Gasteiger partial charge in [-0.25, -0.2) is 0 Å². The quantitative estimate of drug-likeness (QED) is 0.767. The highest BCUT2D eigenvalue weighted by atomic mass is 16.5. The molecule has 3 nitrogen and oxygen atoms in total. The van der Waals surface area contributed by atoms with E-state index >= 15 is 0 Å². The maximum Gasteiger partial charge on any atom is 0.184 e. The van der Waals surface area contributed by atoms with Crippen LogP contribution in [0.1, 0.15) is 18.4 Å². The summed E-state index contributed by atoms with van der Waals surface area (Å²) in [4.78, 5) is 11.8. The zero-order valence-electron chi connectivity index (χ0n) is 10.7. The maximum atomic E-state index is 11.8. The molecule has 0 radical (unpaired) electrons. The molecule has 1 aromatic carbocycles. The lowest BCUT2D eigenvalue weighted by Gasteiger charge is -2.06. The van der Waals surface area contributed by atoms with E-state index < -0.39 is 0 Å². The first-order chi connectivity index (χ1) is 8.63.